The van der Waals surface area contributed by atoms with Crippen LogP contribution in [0, 0.1) is 0 Å². The van der Waals surface area contributed by atoms with Crippen molar-refractivity contribution in [3.05, 3.63) is 23.4 Å². The highest BCUT2D eigenvalue weighted by Gasteiger charge is 2.26. The molecule has 0 aliphatic carbocycles. The van der Waals surface area contributed by atoms with E-state index in [1.54, 1.807) is 30.9 Å². The van der Waals surface area contributed by atoms with Crippen LogP contribution in [0.3, 0.4) is 0 Å². The molecule has 0 bridgehead atoms. The summed E-state index contributed by atoms with van der Waals surface area (Å²) in [5.74, 6) is -0.0563. The molecule has 0 radical (unpaired) electrons. The van der Waals surface area contributed by atoms with E-state index in [0.717, 1.165) is 23.6 Å². The van der Waals surface area contributed by atoms with Crippen LogP contribution < -0.4 is 5.73 Å². The zero-order valence-corrected chi connectivity index (χ0v) is 11.8. The summed E-state index contributed by atoms with van der Waals surface area (Å²) in [7, 11) is 0. The number of aliphatic carboxylic acids is 1. The fraction of sp³-hybridized carbons (Fsp3) is 0.500. The van der Waals surface area contributed by atoms with Gasteiger partial charge < -0.3 is 10.8 Å². The molecule has 100 valence electrons. The van der Waals surface area contributed by atoms with Crippen LogP contribution in [0.25, 0.3) is 0 Å². The van der Waals surface area contributed by atoms with Crippen molar-refractivity contribution in [1.82, 2.24) is 4.98 Å². The Morgan fingerprint density at radius 3 is 2.83 bits per heavy atom. The minimum Gasteiger partial charge on any atom is -0.480 e. The number of hydrogen-bond donors (Lipinski definition) is 2. The van der Waals surface area contributed by atoms with Crippen molar-refractivity contribution in [3.8, 4) is 0 Å². The Morgan fingerprint density at radius 2 is 2.28 bits per heavy atom. The number of hydrogen-bond acceptors (Lipinski definition) is 4. The Bertz CT molecular complexity index is 396. The van der Waals surface area contributed by atoms with Crippen LogP contribution in [0.4, 0.5) is 0 Å². The molecule has 1 aromatic heterocycles. The van der Waals surface area contributed by atoms with Gasteiger partial charge in [-0.2, -0.15) is 0 Å². The number of carbonyl (C=O) groups is 1. The highest BCUT2D eigenvalue weighted by atomic mass is 35.5. The molecule has 0 aromatic carbocycles. The largest absolute Gasteiger partial charge is 0.480 e. The second kappa shape index (κ2) is 6.97. The molecule has 0 aliphatic heterocycles. The second-order valence-electron chi connectivity index (χ2n) is 4.34. The predicted molar refractivity (Wildman–Crippen MR) is 74.1 cm³/mol. The zero-order valence-electron chi connectivity index (χ0n) is 10.2. The van der Waals surface area contributed by atoms with E-state index in [1.807, 2.05) is 6.07 Å². The van der Waals surface area contributed by atoms with Gasteiger partial charge in [0.25, 0.3) is 0 Å². The molecule has 0 aliphatic rings. The molecule has 1 heterocycles. The number of nitrogens with zero attached hydrogens (tertiary/aromatic N) is 1. The summed E-state index contributed by atoms with van der Waals surface area (Å²) in [6.07, 6.45) is 3.80. The summed E-state index contributed by atoms with van der Waals surface area (Å²) >= 11 is 7.36. The molecule has 0 saturated heterocycles. The first-order valence-electron chi connectivity index (χ1n) is 5.68. The van der Waals surface area contributed by atoms with Crippen LogP contribution in [0.15, 0.2) is 23.4 Å². The maximum Gasteiger partial charge on any atom is 0.323 e. The first kappa shape index (κ1) is 15.3. The molecule has 1 aromatic rings. The van der Waals surface area contributed by atoms with Crippen LogP contribution in [0.1, 0.15) is 26.2 Å². The summed E-state index contributed by atoms with van der Waals surface area (Å²) < 4.78 is 0. The first-order valence-corrected chi connectivity index (χ1v) is 7.05. The Morgan fingerprint density at radius 1 is 1.56 bits per heavy atom. The SMILES string of the molecule is CC(N)(CCCCSc1ccc(Cl)cn1)C(=O)O. The first-order chi connectivity index (χ1) is 8.42. The molecule has 6 heteroatoms. The van der Waals surface area contributed by atoms with E-state index < -0.39 is 11.5 Å². The molecular formula is C12H17ClN2O2S. The molecule has 0 amide bonds. The van der Waals surface area contributed by atoms with Gasteiger partial charge in [-0.3, -0.25) is 4.79 Å². The Kier molecular flexibility index (Phi) is 5.91. The molecule has 0 fully saturated rings. The normalized spacial score (nSPS) is 14.2. The maximum atomic E-state index is 10.8. The molecule has 18 heavy (non-hydrogen) atoms. The number of aromatic nitrogens is 1. The Labute approximate surface area is 116 Å². The average Bonchev–Trinajstić information content (AvgIpc) is 2.31. The minimum atomic E-state index is -1.12. The number of rotatable bonds is 7. The number of unbranched alkanes of at least 4 members (excludes halogenated alkanes) is 1. The number of halogens is 1. The van der Waals surface area contributed by atoms with Gasteiger partial charge in [0.1, 0.15) is 5.54 Å². The van der Waals surface area contributed by atoms with Crippen LogP contribution in [-0.2, 0) is 4.79 Å². The topological polar surface area (TPSA) is 76.2 Å². The standard InChI is InChI=1S/C12H17ClN2O2S/c1-12(14,11(16)17)6-2-3-7-18-10-5-4-9(13)8-15-10/h4-5,8H,2-3,6-7,14H2,1H3,(H,16,17). The van der Waals surface area contributed by atoms with E-state index in [2.05, 4.69) is 4.98 Å². The Hall–Kier alpha value is -0.780. The van der Waals surface area contributed by atoms with Gasteiger partial charge in [0.15, 0.2) is 0 Å². The van der Waals surface area contributed by atoms with Crippen LogP contribution in [0.2, 0.25) is 5.02 Å². The van der Waals surface area contributed by atoms with Crippen LogP contribution in [-0.4, -0.2) is 27.4 Å². The lowest BCUT2D eigenvalue weighted by Crippen LogP contribution is -2.44. The number of pyridine rings is 1. The van der Waals surface area contributed by atoms with Crippen LogP contribution >= 0.6 is 23.4 Å². The molecule has 1 rings (SSSR count). The van der Waals surface area contributed by atoms with Gasteiger partial charge in [-0.25, -0.2) is 4.98 Å². The summed E-state index contributed by atoms with van der Waals surface area (Å²) in [6.45, 7) is 1.54. The predicted octanol–water partition coefficient (Wildman–Crippen LogP) is 2.80. The lowest BCUT2D eigenvalue weighted by atomic mass is 9.97. The number of carboxylic acid groups (broad SMARTS) is 1. The Balaban J connectivity index is 2.20. The van der Waals surface area contributed by atoms with Crippen molar-refractivity contribution >= 4 is 29.3 Å². The fourth-order valence-electron chi connectivity index (χ4n) is 1.33. The lowest BCUT2D eigenvalue weighted by Gasteiger charge is -2.18. The summed E-state index contributed by atoms with van der Waals surface area (Å²) in [5, 5.41) is 10.4. The van der Waals surface area contributed by atoms with E-state index in [1.165, 1.54) is 0 Å². The number of nitrogens with two attached hydrogens (primary N) is 1. The van der Waals surface area contributed by atoms with E-state index in [9.17, 15) is 4.79 Å². The molecular weight excluding hydrogens is 272 g/mol. The van der Waals surface area contributed by atoms with Crippen molar-refractivity contribution in [2.75, 3.05) is 5.75 Å². The second-order valence-corrected chi connectivity index (χ2v) is 5.89. The molecule has 1 atom stereocenters. The smallest absolute Gasteiger partial charge is 0.323 e. The number of thioether (sulfide) groups is 1. The van der Waals surface area contributed by atoms with Gasteiger partial charge >= 0.3 is 5.97 Å². The van der Waals surface area contributed by atoms with Crippen molar-refractivity contribution in [3.63, 3.8) is 0 Å². The van der Waals surface area contributed by atoms with Crippen molar-refractivity contribution in [1.29, 1.82) is 0 Å². The molecule has 0 saturated carbocycles. The van der Waals surface area contributed by atoms with E-state index >= 15 is 0 Å². The average molecular weight is 289 g/mol. The van der Waals surface area contributed by atoms with E-state index in [-0.39, 0.29) is 0 Å². The molecule has 1 unspecified atom stereocenters. The highest BCUT2D eigenvalue weighted by Crippen LogP contribution is 2.20. The van der Waals surface area contributed by atoms with Gasteiger partial charge in [-0.05, 0) is 37.7 Å². The third-order valence-electron chi connectivity index (χ3n) is 2.53. The minimum absolute atomic E-state index is 0.483. The third kappa shape index (κ3) is 5.25. The fourth-order valence-corrected chi connectivity index (χ4v) is 2.29. The summed E-state index contributed by atoms with van der Waals surface area (Å²) in [5.41, 5.74) is 4.51. The van der Waals surface area contributed by atoms with Gasteiger partial charge in [0, 0.05) is 6.20 Å². The number of carboxylic acids is 1. The maximum absolute atomic E-state index is 10.8. The third-order valence-corrected chi connectivity index (χ3v) is 3.78. The lowest BCUT2D eigenvalue weighted by molar-refractivity contribution is -0.142. The van der Waals surface area contributed by atoms with Gasteiger partial charge in [-0.1, -0.05) is 18.0 Å². The highest BCUT2D eigenvalue weighted by molar-refractivity contribution is 7.99. The van der Waals surface area contributed by atoms with Gasteiger partial charge in [0.2, 0.25) is 0 Å². The van der Waals surface area contributed by atoms with Crippen molar-refractivity contribution in [2.45, 2.75) is 36.8 Å². The van der Waals surface area contributed by atoms with Crippen LogP contribution in [0.5, 0.6) is 0 Å². The molecule has 0 spiro atoms. The monoisotopic (exact) mass is 288 g/mol. The van der Waals surface area contributed by atoms with Crippen molar-refractivity contribution < 1.29 is 9.90 Å². The molecule has 3 N–H and O–H groups in total. The molecule has 4 nitrogen and oxygen atoms in total. The van der Waals surface area contributed by atoms with E-state index in [4.69, 9.17) is 22.4 Å². The van der Waals surface area contributed by atoms with Gasteiger partial charge in [0.05, 0.1) is 10.0 Å². The van der Waals surface area contributed by atoms with Crippen molar-refractivity contribution in [2.24, 2.45) is 5.73 Å². The van der Waals surface area contributed by atoms with Gasteiger partial charge in [-0.15, -0.1) is 11.8 Å². The summed E-state index contributed by atoms with van der Waals surface area (Å²) in [4.78, 5) is 15.0. The van der Waals surface area contributed by atoms with E-state index in [0.29, 0.717) is 11.4 Å². The zero-order chi connectivity index (χ0) is 13.6. The summed E-state index contributed by atoms with van der Waals surface area (Å²) in [6, 6.07) is 3.68. The quantitative estimate of drug-likeness (QED) is 0.596.